The van der Waals surface area contributed by atoms with E-state index in [0.29, 0.717) is 54.2 Å². The molecule has 1 atom stereocenters. The maximum atomic E-state index is 13.4. The monoisotopic (exact) mass is 489 g/mol. The van der Waals surface area contributed by atoms with E-state index in [1.165, 1.54) is 30.9 Å². The number of halogens is 1. The largest absolute Gasteiger partial charge is 0.381 e. The van der Waals surface area contributed by atoms with Crippen molar-refractivity contribution in [2.45, 2.75) is 48.3 Å². The van der Waals surface area contributed by atoms with Crippen molar-refractivity contribution in [2.24, 2.45) is 5.92 Å². The minimum atomic E-state index is -3.50. The summed E-state index contributed by atoms with van der Waals surface area (Å²) in [5, 5.41) is 7.70. The lowest BCUT2D eigenvalue weighted by atomic mass is 9.92. The Labute approximate surface area is 196 Å². The minimum Gasteiger partial charge on any atom is -0.381 e. The second-order valence-corrected chi connectivity index (χ2v) is 11.2. The van der Waals surface area contributed by atoms with Gasteiger partial charge in [-0.2, -0.15) is 5.10 Å². The van der Waals surface area contributed by atoms with Gasteiger partial charge in [0.1, 0.15) is 6.04 Å². The number of hydrogen-bond acceptors (Lipinski definition) is 7. The van der Waals surface area contributed by atoms with Crippen molar-refractivity contribution in [3.8, 4) is 0 Å². The van der Waals surface area contributed by atoms with Crippen molar-refractivity contribution in [1.82, 2.24) is 19.7 Å². The molecule has 0 spiro atoms. The van der Waals surface area contributed by atoms with Crippen LogP contribution in [0, 0.1) is 5.92 Å². The molecule has 5 rings (SSSR count). The minimum absolute atomic E-state index is 0.179. The molecule has 1 saturated carbocycles. The number of aromatic nitrogens is 4. The molecule has 2 aliphatic rings. The SMILES string of the molecule is O=C(Nc1cnccn1)C(CC1CCOCC1)n1ncc2c(S(=O)(=O)C3CC3)cc(Cl)cc21. The van der Waals surface area contributed by atoms with Crippen LogP contribution in [-0.2, 0) is 19.4 Å². The quantitative estimate of drug-likeness (QED) is 0.540. The molecule has 1 N–H and O–H groups in total. The number of anilines is 1. The van der Waals surface area contributed by atoms with Crippen LogP contribution in [0.2, 0.25) is 5.02 Å². The van der Waals surface area contributed by atoms with Crippen LogP contribution in [0.1, 0.15) is 38.1 Å². The summed E-state index contributed by atoms with van der Waals surface area (Å²) in [6, 6.07) is 2.47. The van der Waals surface area contributed by atoms with Gasteiger partial charge in [-0.25, -0.2) is 13.4 Å². The van der Waals surface area contributed by atoms with Gasteiger partial charge >= 0.3 is 0 Å². The highest BCUT2D eigenvalue weighted by Gasteiger charge is 2.39. The maximum absolute atomic E-state index is 13.4. The lowest BCUT2D eigenvalue weighted by Crippen LogP contribution is -2.30. The standard InChI is InChI=1S/C22H24ClN5O4S/c23-15-10-18-17(20(11-15)33(30,31)16-1-2-16)12-26-28(18)19(9-14-3-7-32-8-4-14)22(29)27-21-13-24-5-6-25-21/h5-6,10-14,16,19H,1-4,7-9H2,(H,25,27,29). The first-order valence-electron chi connectivity index (χ1n) is 11.0. The van der Waals surface area contributed by atoms with Gasteiger partial charge in [0.05, 0.1) is 28.1 Å². The summed E-state index contributed by atoms with van der Waals surface area (Å²) in [6.07, 6.45) is 9.54. The Morgan fingerprint density at radius 2 is 1.97 bits per heavy atom. The van der Waals surface area contributed by atoms with Crippen LogP contribution in [0.15, 0.2) is 41.8 Å². The van der Waals surface area contributed by atoms with Crippen LogP contribution in [0.3, 0.4) is 0 Å². The number of rotatable bonds is 7. The third kappa shape index (κ3) is 4.60. The van der Waals surface area contributed by atoms with E-state index in [0.717, 1.165) is 12.8 Å². The van der Waals surface area contributed by atoms with Crippen LogP contribution < -0.4 is 5.32 Å². The number of ether oxygens (including phenoxy) is 1. The fourth-order valence-electron chi connectivity index (χ4n) is 4.31. The van der Waals surface area contributed by atoms with Gasteiger partial charge in [0.25, 0.3) is 0 Å². The van der Waals surface area contributed by atoms with Crippen molar-refractivity contribution < 1.29 is 17.9 Å². The van der Waals surface area contributed by atoms with Gasteiger partial charge in [0.15, 0.2) is 15.7 Å². The number of carbonyl (C=O) groups excluding carboxylic acids is 1. The van der Waals surface area contributed by atoms with Gasteiger partial charge in [-0.15, -0.1) is 0 Å². The van der Waals surface area contributed by atoms with E-state index >= 15 is 0 Å². The first kappa shape index (κ1) is 22.2. The Morgan fingerprint density at radius 3 is 2.67 bits per heavy atom. The van der Waals surface area contributed by atoms with E-state index in [1.54, 1.807) is 10.7 Å². The number of amides is 1. The van der Waals surface area contributed by atoms with E-state index in [2.05, 4.69) is 20.4 Å². The highest BCUT2D eigenvalue weighted by atomic mass is 35.5. The number of nitrogens with zero attached hydrogens (tertiary/aromatic N) is 4. The molecule has 0 bridgehead atoms. The van der Waals surface area contributed by atoms with Crippen LogP contribution >= 0.6 is 11.6 Å². The third-order valence-electron chi connectivity index (χ3n) is 6.22. The molecule has 1 saturated heterocycles. The van der Waals surface area contributed by atoms with Gasteiger partial charge in [0, 0.05) is 36.0 Å². The average Bonchev–Trinajstić information content (AvgIpc) is 3.60. The number of carbonyl (C=O) groups is 1. The average molecular weight is 490 g/mol. The zero-order chi connectivity index (χ0) is 23.0. The molecule has 33 heavy (non-hydrogen) atoms. The van der Waals surface area contributed by atoms with Gasteiger partial charge in [-0.05, 0) is 50.2 Å². The zero-order valence-electron chi connectivity index (χ0n) is 17.9. The predicted molar refractivity (Wildman–Crippen MR) is 123 cm³/mol. The van der Waals surface area contributed by atoms with Gasteiger partial charge in [-0.3, -0.25) is 14.5 Å². The maximum Gasteiger partial charge on any atom is 0.250 e. The van der Waals surface area contributed by atoms with Crippen molar-refractivity contribution in [3.05, 3.63) is 41.9 Å². The molecule has 2 fully saturated rings. The van der Waals surface area contributed by atoms with E-state index in [9.17, 15) is 13.2 Å². The van der Waals surface area contributed by atoms with Crippen molar-refractivity contribution in [2.75, 3.05) is 18.5 Å². The highest BCUT2D eigenvalue weighted by molar-refractivity contribution is 7.92. The van der Waals surface area contributed by atoms with Crippen molar-refractivity contribution in [3.63, 3.8) is 0 Å². The summed E-state index contributed by atoms with van der Waals surface area (Å²) < 4.78 is 33.1. The summed E-state index contributed by atoms with van der Waals surface area (Å²) in [6.45, 7) is 1.30. The fraction of sp³-hybridized carbons (Fsp3) is 0.455. The smallest absolute Gasteiger partial charge is 0.250 e. The van der Waals surface area contributed by atoms with E-state index in [1.807, 2.05) is 0 Å². The Balaban J connectivity index is 1.55. The number of benzene rings is 1. The summed E-state index contributed by atoms with van der Waals surface area (Å²) in [5.41, 5.74) is 0.521. The first-order valence-corrected chi connectivity index (χ1v) is 12.9. The second-order valence-electron chi connectivity index (χ2n) is 8.56. The van der Waals surface area contributed by atoms with Gasteiger partial charge in [-0.1, -0.05) is 11.6 Å². The molecule has 1 unspecified atom stereocenters. The van der Waals surface area contributed by atoms with Crippen LogP contribution in [-0.4, -0.2) is 52.5 Å². The normalized spacial score (nSPS) is 18.3. The molecule has 3 heterocycles. The summed E-state index contributed by atoms with van der Waals surface area (Å²) in [7, 11) is -3.50. The molecule has 11 heteroatoms. The number of hydrogen-bond donors (Lipinski definition) is 1. The molecule has 1 aliphatic carbocycles. The van der Waals surface area contributed by atoms with E-state index < -0.39 is 15.9 Å². The number of nitrogens with one attached hydrogen (secondary N) is 1. The van der Waals surface area contributed by atoms with E-state index in [4.69, 9.17) is 16.3 Å². The van der Waals surface area contributed by atoms with Crippen molar-refractivity contribution in [1.29, 1.82) is 0 Å². The highest BCUT2D eigenvalue weighted by Crippen LogP contribution is 2.39. The Morgan fingerprint density at radius 1 is 1.18 bits per heavy atom. The number of fused-ring (bicyclic) bond motifs is 1. The number of sulfone groups is 1. The summed E-state index contributed by atoms with van der Waals surface area (Å²) >= 11 is 6.35. The zero-order valence-corrected chi connectivity index (χ0v) is 19.4. The predicted octanol–water partition coefficient (Wildman–Crippen LogP) is 3.41. The third-order valence-corrected chi connectivity index (χ3v) is 8.74. The second kappa shape index (κ2) is 9.00. The van der Waals surface area contributed by atoms with Crippen LogP contribution in [0.4, 0.5) is 5.82 Å². The Kier molecular flexibility index (Phi) is 6.07. The lowest BCUT2D eigenvalue weighted by molar-refractivity contribution is -0.120. The Bertz CT molecular complexity index is 1270. The molecule has 1 aliphatic heterocycles. The molecule has 1 amide bonds. The molecular formula is C22H24ClN5O4S. The van der Waals surface area contributed by atoms with Gasteiger partial charge in [0.2, 0.25) is 5.91 Å². The molecule has 3 aromatic rings. The van der Waals surface area contributed by atoms with Crippen LogP contribution in [0.25, 0.3) is 10.9 Å². The van der Waals surface area contributed by atoms with Crippen LogP contribution in [0.5, 0.6) is 0 Å². The topological polar surface area (TPSA) is 116 Å². The summed E-state index contributed by atoms with van der Waals surface area (Å²) in [4.78, 5) is 21.7. The molecular weight excluding hydrogens is 466 g/mol. The lowest BCUT2D eigenvalue weighted by Gasteiger charge is -2.26. The molecule has 2 aromatic heterocycles. The Hall–Kier alpha value is -2.56. The summed E-state index contributed by atoms with van der Waals surface area (Å²) in [5.74, 6) is 0.314. The molecule has 0 radical (unpaired) electrons. The fourth-order valence-corrected chi connectivity index (χ4v) is 6.46. The van der Waals surface area contributed by atoms with Gasteiger partial charge < -0.3 is 10.1 Å². The molecule has 174 valence electrons. The first-order chi connectivity index (χ1) is 15.9. The van der Waals surface area contributed by atoms with Crippen molar-refractivity contribution >= 4 is 44.1 Å². The molecule has 1 aromatic carbocycles. The van der Waals surface area contributed by atoms with E-state index in [-0.39, 0.29) is 22.0 Å². The molecule has 9 nitrogen and oxygen atoms in total.